The van der Waals surface area contributed by atoms with Gasteiger partial charge in [-0.25, -0.2) is 4.39 Å². The van der Waals surface area contributed by atoms with Crippen LogP contribution in [0.15, 0.2) is 46.2 Å². The van der Waals surface area contributed by atoms with Gasteiger partial charge >= 0.3 is 0 Å². The first-order valence-corrected chi connectivity index (χ1v) is 9.18. The Morgan fingerprint density at radius 3 is 2.88 bits per heavy atom. The third-order valence-electron chi connectivity index (χ3n) is 3.83. The highest BCUT2D eigenvalue weighted by Crippen LogP contribution is 2.24. The number of benzene rings is 1. The molecule has 0 aliphatic carbocycles. The van der Waals surface area contributed by atoms with E-state index in [2.05, 4.69) is 15.5 Å². The van der Waals surface area contributed by atoms with Crippen molar-refractivity contribution < 1.29 is 13.6 Å². The number of halogens is 1. The first kappa shape index (κ1) is 18.2. The fourth-order valence-corrected chi connectivity index (χ4v) is 3.23. The van der Waals surface area contributed by atoms with Gasteiger partial charge in [0.2, 0.25) is 5.91 Å². The van der Waals surface area contributed by atoms with Gasteiger partial charge < -0.3 is 9.73 Å². The summed E-state index contributed by atoms with van der Waals surface area (Å²) in [6.45, 7) is 4.63. The zero-order valence-corrected chi connectivity index (χ0v) is 15.3. The third-order valence-corrected chi connectivity index (χ3v) is 4.80. The third kappa shape index (κ3) is 4.13. The van der Waals surface area contributed by atoms with E-state index in [9.17, 15) is 9.18 Å². The van der Waals surface area contributed by atoms with Crippen LogP contribution in [-0.4, -0.2) is 26.4 Å². The van der Waals surface area contributed by atoms with Crippen LogP contribution < -0.4 is 5.32 Å². The van der Waals surface area contributed by atoms with Gasteiger partial charge in [-0.15, -0.1) is 10.2 Å². The number of hydrogen-bond donors (Lipinski definition) is 1. The summed E-state index contributed by atoms with van der Waals surface area (Å²) in [5, 5.41) is 11.7. The van der Waals surface area contributed by atoms with Gasteiger partial charge in [-0.05, 0) is 43.2 Å². The van der Waals surface area contributed by atoms with E-state index in [1.165, 1.54) is 17.8 Å². The molecule has 0 radical (unpaired) electrons. The van der Waals surface area contributed by atoms with Gasteiger partial charge in [0.15, 0.2) is 16.7 Å². The summed E-state index contributed by atoms with van der Waals surface area (Å²) < 4.78 is 20.8. The number of rotatable bonds is 7. The number of carbonyl (C=O) groups is 1. The van der Waals surface area contributed by atoms with Gasteiger partial charge in [0.25, 0.3) is 0 Å². The Morgan fingerprint density at radius 2 is 2.19 bits per heavy atom. The molecule has 0 saturated heterocycles. The smallest absolute Gasteiger partial charge is 0.230 e. The van der Waals surface area contributed by atoms with Gasteiger partial charge in [0.05, 0.1) is 12.0 Å². The largest absolute Gasteiger partial charge is 0.461 e. The normalized spacial score (nSPS) is 10.9. The van der Waals surface area contributed by atoms with Crippen molar-refractivity contribution in [3.05, 3.63) is 53.5 Å². The van der Waals surface area contributed by atoms with Crippen LogP contribution in [0.1, 0.15) is 18.1 Å². The molecule has 1 aromatic carbocycles. The topological polar surface area (TPSA) is 73.0 Å². The Hall–Kier alpha value is -2.61. The lowest BCUT2D eigenvalue weighted by Crippen LogP contribution is -2.24. The number of carbonyl (C=O) groups excluding carboxylic acids is 1. The van der Waals surface area contributed by atoms with Crippen molar-refractivity contribution in [3.63, 3.8) is 0 Å². The summed E-state index contributed by atoms with van der Waals surface area (Å²) in [6.07, 6.45) is 1.58. The molecular formula is C18H19FN4O2S. The van der Waals surface area contributed by atoms with Crippen LogP contribution in [0.5, 0.6) is 0 Å². The maximum Gasteiger partial charge on any atom is 0.230 e. The van der Waals surface area contributed by atoms with Crippen LogP contribution >= 0.6 is 11.8 Å². The molecule has 0 atom stereocenters. The fraction of sp³-hybridized carbons (Fsp3) is 0.278. The second-order valence-electron chi connectivity index (χ2n) is 5.68. The van der Waals surface area contributed by atoms with E-state index < -0.39 is 0 Å². The summed E-state index contributed by atoms with van der Waals surface area (Å²) in [5.41, 5.74) is 1.31. The Bertz CT molecular complexity index is 893. The SMILES string of the molecule is CCn1c(SCC(=O)NCc2ccc(C)c(F)c2)nnc1-c1ccco1. The molecule has 0 aliphatic rings. The lowest BCUT2D eigenvalue weighted by molar-refractivity contribution is -0.118. The molecule has 0 spiro atoms. The Kier molecular flexibility index (Phi) is 5.72. The molecule has 2 heterocycles. The van der Waals surface area contributed by atoms with Crippen LogP contribution in [0.25, 0.3) is 11.6 Å². The zero-order valence-electron chi connectivity index (χ0n) is 14.5. The molecule has 136 valence electrons. The average Bonchev–Trinajstić information content (AvgIpc) is 3.29. The van der Waals surface area contributed by atoms with E-state index in [1.807, 2.05) is 17.6 Å². The molecule has 0 unspecified atom stereocenters. The molecule has 3 rings (SSSR count). The molecule has 1 N–H and O–H groups in total. The van der Waals surface area contributed by atoms with Gasteiger partial charge in [-0.2, -0.15) is 0 Å². The molecule has 8 heteroatoms. The maximum absolute atomic E-state index is 13.5. The minimum atomic E-state index is -0.271. The van der Waals surface area contributed by atoms with Crippen LogP contribution in [0.3, 0.4) is 0 Å². The number of nitrogens with one attached hydrogen (secondary N) is 1. The number of aromatic nitrogens is 3. The lowest BCUT2D eigenvalue weighted by atomic mass is 10.1. The standard InChI is InChI=1S/C18H19FN4O2S/c1-3-23-17(15-5-4-8-25-15)21-22-18(23)26-11-16(24)20-10-13-7-6-12(2)14(19)9-13/h4-9H,3,10-11H2,1-2H3,(H,20,24). The molecule has 0 fully saturated rings. The number of aryl methyl sites for hydroxylation is 1. The van der Waals surface area contributed by atoms with Crippen molar-refractivity contribution >= 4 is 17.7 Å². The second-order valence-corrected chi connectivity index (χ2v) is 6.62. The van der Waals surface area contributed by atoms with Crippen LogP contribution in [0.2, 0.25) is 0 Å². The minimum absolute atomic E-state index is 0.152. The Morgan fingerprint density at radius 1 is 1.35 bits per heavy atom. The molecule has 26 heavy (non-hydrogen) atoms. The summed E-state index contributed by atoms with van der Waals surface area (Å²) in [7, 11) is 0. The van der Waals surface area contributed by atoms with Crippen molar-refractivity contribution in [2.45, 2.75) is 32.1 Å². The summed E-state index contributed by atoms with van der Waals surface area (Å²) >= 11 is 1.30. The molecule has 6 nitrogen and oxygen atoms in total. The minimum Gasteiger partial charge on any atom is -0.461 e. The second kappa shape index (κ2) is 8.18. The van der Waals surface area contributed by atoms with Crippen molar-refractivity contribution in [1.82, 2.24) is 20.1 Å². The van der Waals surface area contributed by atoms with E-state index in [-0.39, 0.29) is 24.0 Å². The molecule has 0 aliphatic heterocycles. The number of thioether (sulfide) groups is 1. The van der Waals surface area contributed by atoms with Crippen molar-refractivity contribution in [3.8, 4) is 11.6 Å². The summed E-state index contributed by atoms with van der Waals surface area (Å²) in [6, 6.07) is 8.54. The van der Waals surface area contributed by atoms with Gasteiger partial charge in [0.1, 0.15) is 5.82 Å². The summed E-state index contributed by atoms with van der Waals surface area (Å²) in [5.74, 6) is 1.05. The highest BCUT2D eigenvalue weighted by atomic mass is 32.2. The van der Waals surface area contributed by atoms with Gasteiger partial charge in [-0.3, -0.25) is 9.36 Å². The van der Waals surface area contributed by atoms with Crippen molar-refractivity contribution in [2.75, 3.05) is 5.75 Å². The summed E-state index contributed by atoms with van der Waals surface area (Å²) in [4.78, 5) is 12.1. The number of amides is 1. The van der Waals surface area contributed by atoms with E-state index >= 15 is 0 Å². The molecule has 0 bridgehead atoms. The monoisotopic (exact) mass is 374 g/mol. The van der Waals surface area contributed by atoms with Gasteiger partial charge in [-0.1, -0.05) is 23.9 Å². The first-order chi connectivity index (χ1) is 12.6. The van der Waals surface area contributed by atoms with Crippen LogP contribution in [0, 0.1) is 12.7 Å². The highest BCUT2D eigenvalue weighted by molar-refractivity contribution is 7.99. The van der Waals surface area contributed by atoms with E-state index in [0.29, 0.717) is 28.8 Å². The number of hydrogen-bond acceptors (Lipinski definition) is 5. The predicted octanol–water partition coefficient (Wildman–Crippen LogP) is 3.41. The average molecular weight is 374 g/mol. The molecule has 3 aromatic rings. The molecular weight excluding hydrogens is 355 g/mol. The Balaban J connectivity index is 1.57. The molecule has 1 amide bonds. The zero-order chi connectivity index (χ0) is 18.5. The van der Waals surface area contributed by atoms with Crippen LogP contribution in [0.4, 0.5) is 4.39 Å². The molecule has 2 aromatic heterocycles. The lowest BCUT2D eigenvalue weighted by Gasteiger charge is -2.07. The quantitative estimate of drug-likeness (QED) is 0.642. The number of furan rings is 1. The van der Waals surface area contributed by atoms with E-state index in [4.69, 9.17) is 4.42 Å². The Labute approximate surface area is 154 Å². The predicted molar refractivity (Wildman–Crippen MR) is 97.1 cm³/mol. The maximum atomic E-state index is 13.5. The molecule has 0 saturated carbocycles. The van der Waals surface area contributed by atoms with E-state index in [1.54, 1.807) is 31.4 Å². The van der Waals surface area contributed by atoms with Gasteiger partial charge in [0, 0.05) is 13.1 Å². The van der Waals surface area contributed by atoms with Crippen molar-refractivity contribution in [2.24, 2.45) is 0 Å². The first-order valence-electron chi connectivity index (χ1n) is 8.20. The number of nitrogens with zero attached hydrogens (tertiary/aromatic N) is 3. The van der Waals surface area contributed by atoms with Crippen molar-refractivity contribution in [1.29, 1.82) is 0 Å². The van der Waals surface area contributed by atoms with E-state index in [0.717, 1.165) is 5.56 Å². The van der Waals surface area contributed by atoms with Crippen LogP contribution in [-0.2, 0) is 17.9 Å². The highest BCUT2D eigenvalue weighted by Gasteiger charge is 2.16. The fourth-order valence-electron chi connectivity index (χ4n) is 2.40.